The molecule has 0 unspecified atom stereocenters. The summed E-state index contributed by atoms with van der Waals surface area (Å²) in [6.07, 6.45) is 0. The van der Waals surface area contributed by atoms with E-state index in [1.807, 2.05) is 42.5 Å². The molecule has 0 atom stereocenters. The molecule has 0 bridgehead atoms. The Hall–Kier alpha value is -3.95. The third-order valence-corrected chi connectivity index (χ3v) is 5.52. The molecule has 4 aromatic rings. The number of hydrogen-bond acceptors (Lipinski definition) is 6. The molecule has 1 amide bonds. The Kier molecular flexibility index (Phi) is 6.29. The summed E-state index contributed by atoms with van der Waals surface area (Å²) in [6.45, 7) is 0. The summed E-state index contributed by atoms with van der Waals surface area (Å²) in [5.41, 5.74) is 3.75. The van der Waals surface area contributed by atoms with E-state index in [4.69, 9.17) is 12.2 Å². The first-order chi connectivity index (χ1) is 15.5. The lowest BCUT2D eigenvalue weighted by molar-refractivity contribution is -0.384. The lowest BCUT2D eigenvalue weighted by Crippen LogP contribution is -2.34. The number of aromatic nitrogens is 1. The third kappa shape index (κ3) is 5.02. The van der Waals surface area contributed by atoms with Crippen molar-refractivity contribution in [2.45, 2.75) is 0 Å². The number of thiazole rings is 1. The molecule has 2 N–H and O–H groups in total. The van der Waals surface area contributed by atoms with Crippen molar-refractivity contribution in [3.8, 4) is 22.4 Å². The zero-order valence-corrected chi connectivity index (χ0v) is 18.2. The van der Waals surface area contributed by atoms with Crippen molar-refractivity contribution < 1.29 is 9.72 Å². The van der Waals surface area contributed by atoms with Crippen LogP contribution >= 0.6 is 23.6 Å². The van der Waals surface area contributed by atoms with E-state index in [1.54, 1.807) is 29.6 Å². The molecule has 0 aliphatic carbocycles. The van der Waals surface area contributed by atoms with Crippen molar-refractivity contribution in [1.82, 2.24) is 10.3 Å². The Morgan fingerprint density at radius 3 is 2.34 bits per heavy atom. The topological polar surface area (TPSA) is 97.2 Å². The number of thiocarbonyl (C=S) groups is 1. The zero-order valence-electron chi connectivity index (χ0n) is 16.5. The van der Waals surface area contributed by atoms with E-state index in [-0.39, 0.29) is 16.7 Å². The molecular formula is C23H16N4O3S2. The summed E-state index contributed by atoms with van der Waals surface area (Å²) in [5.74, 6) is -0.336. The molecule has 0 saturated heterocycles. The first kappa shape index (κ1) is 21.3. The average Bonchev–Trinajstić information content (AvgIpc) is 3.28. The number of amides is 1. The normalized spacial score (nSPS) is 10.4. The van der Waals surface area contributed by atoms with Gasteiger partial charge in [-0.1, -0.05) is 54.6 Å². The van der Waals surface area contributed by atoms with Gasteiger partial charge in [-0.3, -0.25) is 20.2 Å². The summed E-state index contributed by atoms with van der Waals surface area (Å²) >= 11 is 6.51. The molecule has 0 spiro atoms. The van der Waals surface area contributed by atoms with Crippen molar-refractivity contribution >= 4 is 45.4 Å². The van der Waals surface area contributed by atoms with Gasteiger partial charge in [0.05, 0.1) is 10.6 Å². The van der Waals surface area contributed by atoms with Crippen LogP contribution in [-0.4, -0.2) is 20.9 Å². The third-order valence-electron chi connectivity index (χ3n) is 4.56. The van der Waals surface area contributed by atoms with Gasteiger partial charge in [-0.15, -0.1) is 11.3 Å². The number of anilines is 1. The summed E-state index contributed by atoms with van der Waals surface area (Å²) < 4.78 is 0. The summed E-state index contributed by atoms with van der Waals surface area (Å²) in [6, 6.07) is 23.4. The van der Waals surface area contributed by atoms with Gasteiger partial charge in [-0.05, 0) is 35.5 Å². The molecule has 1 aromatic heterocycles. The van der Waals surface area contributed by atoms with Crippen LogP contribution in [0.2, 0.25) is 0 Å². The van der Waals surface area contributed by atoms with Crippen LogP contribution in [0.4, 0.5) is 10.8 Å². The highest BCUT2D eigenvalue weighted by atomic mass is 32.1. The predicted octanol–water partition coefficient (Wildman–Crippen LogP) is 5.51. The van der Waals surface area contributed by atoms with E-state index in [0.29, 0.717) is 22.0 Å². The second-order valence-electron chi connectivity index (χ2n) is 6.70. The van der Waals surface area contributed by atoms with Crippen LogP contribution in [0.5, 0.6) is 0 Å². The lowest BCUT2D eigenvalue weighted by Gasteiger charge is -2.08. The van der Waals surface area contributed by atoms with Gasteiger partial charge in [-0.2, -0.15) is 0 Å². The quantitative estimate of drug-likeness (QED) is 0.231. The van der Waals surface area contributed by atoms with Crippen LogP contribution in [0.25, 0.3) is 22.4 Å². The van der Waals surface area contributed by atoms with Gasteiger partial charge < -0.3 is 5.32 Å². The number of nitro benzene ring substituents is 1. The average molecular weight is 461 g/mol. The summed E-state index contributed by atoms with van der Waals surface area (Å²) in [4.78, 5) is 27.4. The van der Waals surface area contributed by atoms with Crippen LogP contribution in [0.1, 0.15) is 10.4 Å². The fourth-order valence-electron chi connectivity index (χ4n) is 2.99. The molecule has 0 saturated carbocycles. The summed E-state index contributed by atoms with van der Waals surface area (Å²) in [5, 5.41) is 18.8. The number of hydrogen-bond donors (Lipinski definition) is 2. The molecule has 4 rings (SSSR count). The number of non-ortho nitro benzene ring substituents is 1. The van der Waals surface area contributed by atoms with Crippen molar-refractivity contribution in [3.05, 3.63) is 99.9 Å². The van der Waals surface area contributed by atoms with Gasteiger partial charge in [0.1, 0.15) is 0 Å². The monoisotopic (exact) mass is 460 g/mol. The molecule has 3 aromatic carbocycles. The van der Waals surface area contributed by atoms with Gasteiger partial charge in [0.25, 0.3) is 11.6 Å². The maximum atomic E-state index is 12.5. The van der Waals surface area contributed by atoms with E-state index in [1.165, 1.54) is 23.5 Å². The molecule has 158 valence electrons. The minimum atomic E-state index is -0.452. The highest BCUT2D eigenvalue weighted by Crippen LogP contribution is 2.27. The van der Waals surface area contributed by atoms with E-state index in [9.17, 15) is 14.9 Å². The SMILES string of the molecule is O=C(NC(=S)Nc1nc(-c2cccc([N+](=O)[O-])c2)cs1)c1ccc(-c2ccccc2)cc1. The first-order valence-electron chi connectivity index (χ1n) is 9.48. The fourth-order valence-corrected chi connectivity index (χ4v) is 3.97. The Morgan fingerprint density at radius 1 is 0.938 bits per heavy atom. The largest absolute Gasteiger partial charge is 0.308 e. The highest BCUT2D eigenvalue weighted by molar-refractivity contribution is 7.80. The Bertz CT molecular complexity index is 1290. The van der Waals surface area contributed by atoms with Crippen molar-refractivity contribution in [2.24, 2.45) is 0 Å². The number of benzene rings is 3. The first-order valence-corrected chi connectivity index (χ1v) is 10.8. The van der Waals surface area contributed by atoms with E-state index < -0.39 is 4.92 Å². The molecule has 1 heterocycles. The standard InChI is InChI=1S/C23H16N4O3S2/c28-21(17-11-9-16(10-12-17)15-5-2-1-3-6-15)25-22(31)26-23-24-20(14-32-23)18-7-4-8-19(13-18)27(29)30/h1-14H,(H2,24,25,26,28,31). The van der Waals surface area contributed by atoms with Crippen LogP contribution < -0.4 is 10.6 Å². The lowest BCUT2D eigenvalue weighted by atomic mass is 10.0. The molecular weight excluding hydrogens is 444 g/mol. The second kappa shape index (κ2) is 9.46. The van der Waals surface area contributed by atoms with Crippen LogP contribution in [0.3, 0.4) is 0 Å². The Morgan fingerprint density at radius 2 is 1.62 bits per heavy atom. The highest BCUT2D eigenvalue weighted by Gasteiger charge is 2.12. The number of carbonyl (C=O) groups is 1. The van der Waals surface area contributed by atoms with Crippen molar-refractivity contribution in [3.63, 3.8) is 0 Å². The zero-order chi connectivity index (χ0) is 22.5. The number of nitro groups is 1. The maximum absolute atomic E-state index is 12.5. The smallest absolute Gasteiger partial charge is 0.270 e. The Labute approximate surface area is 192 Å². The number of nitrogens with zero attached hydrogens (tertiary/aromatic N) is 2. The van der Waals surface area contributed by atoms with E-state index in [2.05, 4.69) is 15.6 Å². The van der Waals surface area contributed by atoms with Gasteiger partial charge in [0.2, 0.25) is 0 Å². The van der Waals surface area contributed by atoms with Gasteiger partial charge in [-0.25, -0.2) is 4.98 Å². The molecule has 32 heavy (non-hydrogen) atoms. The molecule has 0 aliphatic heterocycles. The maximum Gasteiger partial charge on any atom is 0.270 e. The number of rotatable bonds is 5. The predicted molar refractivity (Wildman–Crippen MR) is 130 cm³/mol. The van der Waals surface area contributed by atoms with Gasteiger partial charge in [0.15, 0.2) is 10.2 Å². The molecule has 7 nitrogen and oxygen atoms in total. The van der Waals surface area contributed by atoms with Gasteiger partial charge in [0, 0.05) is 28.6 Å². The number of carbonyl (C=O) groups excluding carboxylic acids is 1. The van der Waals surface area contributed by atoms with Crippen molar-refractivity contribution in [2.75, 3.05) is 5.32 Å². The van der Waals surface area contributed by atoms with Crippen molar-refractivity contribution in [1.29, 1.82) is 0 Å². The van der Waals surface area contributed by atoms with Crippen LogP contribution in [0.15, 0.2) is 84.2 Å². The summed E-state index contributed by atoms with van der Waals surface area (Å²) in [7, 11) is 0. The van der Waals surface area contributed by atoms with E-state index in [0.717, 1.165) is 11.1 Å². The Balaban J connectivity index is 1.38. The number of nitrogens with one attached hydrogen (secondary N) is 2. The van der Waals surface area contributed by atoms with Crippen LogP contribution in [0, 0.1) is 10.1 Å². The fraction of sp³-hybridized carbons (Fsp3) is 0. The minimum Gasteiger partial charge on any atom is -0.308 e. The molecule has 0 fully saturated rings. The van der Waals surface area contributed by atoms with Crippen LogP contribution in [-0.2, 0) is 0 Å². The van der Waals surface area contributed by atoms with E-state index >= 15 is 0 Å². The van der Waals surface area contributed by atoms with Gasteiger partial charge >= 0.3 is 0 Å². The molecule has 9 heteroatoms. The molecule has 0 aliphatic rings. The minimum absolute atomic E-state index is 0.00826. The second-order valence-corrected chi connectivity index (χ2v) is 7.96. The molecule has 0 radical (unpaired) electrons.